The van der Waals surface area contributed by atoms with E-state index in [-0.39, 0.29) is 18.0 Å². The SMILES string of the molecule is Cc1ccccc1NC(=O)CCN1C(=S)NC(c2ccccn2)C1c1cc(C)n(-c2ccc(N3CCOCC3)cc2)c1C. The fourth-order valence-corrected chi connectivity index (χ4v) is 6.58. The van der Waals surface area contributed by atoms with E-state index in [2.05, 4.69) is 74.2 Å². The lowest BCUT2D eigenvalue weighted by Gasteiger charge is -2.29. The van der Waals surface area contributed by atoms with Crippen molar-refractivity contribution in [2.45, 2.75) is 39.3 Å². The molecule has 2 aromatic heterocycles. The quantitative estimate of drug-likeness (QED) is 0.256. The number of aryl methyl sites for hydroxylation is 2. The summed E-state index contributed by atoms with van der Waals surface area (Å²) >= 11 is 5.88. The number of pyridine rings is 1. The number of ether oxygens (including phenoxy) is 1. The molecular formula is C34H38N6O2S. The summed E-state index contributed by atoms with van der Waals surface area (Å²) in [6.45, 7) is 10.1. The van der Waals surface area contributed by atoms with Crippen molar-refractivity contribution in [3.63, 3.8) is 0 Å². The molecule has 2 aliphatic rings. The minimum absolute atomic E-state index is 0.0389. The first-order chi connectivity index (χ1) is 20.9. The number of benzene rings is 2. The number of hydrogen-bond donors (Lipinski definition) is 2. The molecular weight excluding hydrogens is 556 g/mol. The highest BCUT2D eigenvalue weighted by molar-refractivity contribution is 7.80. The summed E-state index contributed by atoms with van der Waals surface area (Å²) in [7, 11) is 0. The monoisotopic (exact) mass is 594 g/mol. The largest absolute Gasteiger partial charge is 0.378 e. The zero-order valence-electron chi connectivity index (χ0n) is 24.9. The second-order valence-corrected chi connectivity index (χ2v) is 11.6. The van der Waals surface area contributed by atoms with E-state index >= 15 is 0 Å². The van der Waals surface area contributed by atoms with Gasteiger partial charge in [0.1, 0.15) is 0 Å². The number of hydrogen-bond acceptors (Lipinski definition) is 5. The summed E-state index contributed by atoms with van der Waals surface area (Å²) in [6.07, 6.45) is 2.12. The van der Waals surface area contributed by atoms with E-state index < -0.39 is 0 Å². The van der Waals surface area contributed by atoms with Crippen LogP contribution in [0.15, 0.2) is 79.0 Å². The van der Waals surface area contributed by atoms with Crippen LogP contribution in [0.5, 0.6) is 0 Å². The van der Waals surface area contributed by atoms with Crippen molar-refractivity contribution >= 4 is 34.6 Å². The van der Waals surface area contributed by atoms with E-state index in [9.17, 15) is 4.79 Å². The van der Waals surface area contributed by atoms with Crippen LogP contribution >= 0.6 is 12.2 Å². The molecule has 8 nitrogen and oxygen atoms in total. The Labute approximate surface area is 258 Å². The minimum Gasteiger partial charge on any atom is -0.378 e. The van der Waals surface area contributed by atoms with Crippen LogP contribution in [-0.4, -0.2) is 58.3 Å². The molecule has 0 aliphatic carbocycles. The fourth-order valence-electron chi connectivity index (χ4n) is 6.25. The summed E-state index contributed by atoms with van der Waals surface area (Å²) in [6, 6.07) is 24.5. The van der Waals surface area contributed by atoms with Crippen LogP contribution in [0.1, 0.15) is 46.7 Å². The average Bonchev–Trinajstić information content (AvgIpc) is 3.52. The van der Waals surface area contributed by atoms with Crippen molar-refractivity contribution < 1.29 is 9.53 Å². The third kappa shape index (κ3) is 6.00. The smallest absolute Gasteiger partial charge is 0.226 e. The molecule has 4 heterocycles. The highest BCUT2D eigenvalue weighted by atomic mass is 32.1. The number of amides is 1. The molecule has 6 rings (SSSR count). The lowest BCUT2D eigenvalue weighted by molar-refractivity contribution is -0.116. The van der Waals surface area contributed by atoms with E-state index in [0.717, 1.165) is 65.9 Å². The number of nitrogens with zero attached hydrogens (tertiary/aromatic N) is 4. The Kier molecular flexibility index (Phi) is 8.44. The van der Waals surface area contributed by atoms with Crippen LogP contribution in [-0.2, 0) is 9.53 Å². The summed E-state index contributed by atoms with van der Waals surface area (Å²) in [5.41, 5.74) is 8.56. The van der Waals surface area contributed by atoms with E-state index in [1.807, 2.05) is 55.6 Å². The highest BCUT2D eigenvalue weighted by Gasteiger charge is 2.41. The Balaban J connectivity index is 1.29. The molecule has 2 N–H and O–H groups in total. The molecule has 1 amide bonds. The van der Waals surface area contributed by atoms with E-state index in [1.165, 1.54) is 5.69 Å². The van der Waals surface area contributed by atoms with Gasteiger partial charge in [0, 0.05) is 60.7 Å². The van der Waals surface area contributed by atoms with Gasteiger partial charge in [-0.25, -0.2) is 0 Å². The predicted octanol–water partition coefficient (Wildman–Crippen LogP) is 5.64. The van der Waals surface area contributed by atoms with Crippen molar-refractivity contribution in [1.29, 1.82) is 0 Å². The number of para-hydroxylation sites is 1. The lowest BCUT2D eigenvalue weighted by Crippen LogP contribution is -2.36. The Morgan fingerprint density at radius 1 is 1.00 bits per heavy atom. The molecule has 4 aromatic rings. The van der Waals surface area contributed by atoms with Crippen molar-refractivity contribution in [1.82, 2.24) is 19.8 Å². The van der Waals surface area contributed by atoms with Gasteiger partial charge in [-0.1, -0.05) is 24.3 Å². The summed E-state index contributed by atoms with van der Waals surface area (Å²) in [5.74, 6) is -0.0389. The number of aromatic nitrogens is 2. The van der Waals surface area contributed by atoms with Crippen molar-refractivity contribution in [2.75, 3.05) is 43.1 Å². The Hall–Kier alpha value is -4.21. The molecule has 0 bridgehead atoms. The number of carbonyl (C=O) groups is 1. The maximum Gasteiger partial charge on any atom is 0.226 e. The van der Waals surface area contributed by atoms with Crippen molar-refractivity contribution in [3.05, 3.63) is 107 Å². The van der Waals surface area contributed by atoms with Gasteiger partial charge in [0.2, 0.25) is 5.91 Å². The number of anilines is 2. The first-order valence-electron chi connectivity index (χ1n) is 14.9. The van der Waals surface area contributed by atoms with Gasteiger partial charge in [0.05, 0.1) is 31.0 Å². The standard InChI is InChI=1S/C34H38N6O2S/c1-23-8-4-5-9-29(23)36-31(41)15-17-39-33(32(37-34(39)43)30-10-6-7-16-35-30)28-22-24(2)40(25(28)3)27-13-11-26(12-14-27)38-18-20-42-21-19-38/h4-14,16,22,32-33H,15,17-21H2,1-3H3,(H,36,41)(H,37,43). The summed E-state index contributed by atoms with van der Waals surface area (Å²) in [5, 5.41) is 7.22. The van der Waals surface area contributed by atoms with Crippen LogP contribution in [0.3, 0.4) is 0 Å². The molecule has 43 heavy (non-hydrogen) atoms. The van der Waals surface area contributed by atoms with Gasteiger partial charge in [0.15, 0.2) is 5.11 Å². The Morgan fingerprint density at radius 2 is 1.72 bits per heavy atom. The molecule has 222 valence electrons. The molecule has 2 saturated heterocycles. The topological polar surface area (TPSA) is 74.7 Å². The molecule has 0 saturated carbocycles. The maximum absolute atomic E-state index is 13.0. The molecule has 2 fully saturated rings. The number of nitrogens with one attached hydrogen (secondary N) is 2. The van der Waals surface area contributed by atoms with Gasteiger partial charge >= 0.3 is 0 Å². The van der Waals surface area contributed by atoms with Crippen molar-refractivity contribution in [2.24, 2.45) is 0 Å². The number of carbonyl (C=O) groups excluding carboxylic acids is 1. The van der Waals surface area contributed by atoms with Crippen LogP contribution in [0.4, 0.5) is 11.4 Å². The summed E-state index contributed by atoms with van der Waals surface area (Å²) in [4.78, 5) is 22.3. The average molecular weight is 595 g/mol. The van der Waals surface area contributed by atoms with Gasteiger partial charge in [-0.05, 0) is 92.6 Å². The molecule has 9 heteroatoms. The van der Waals surface area contributed by atoms with Gasteiger partial charge in [-0.3, -0.25) is 9.78 Å². The highest BCUT2D eigenvalue weighted by Crippen LogP contribution is 2.41. The van der Waals surface area contributed by atoms with Crippen LogP contribution in [0.25, 0.3) is 5.69 Å². The van der Waals surface area contributed by atoms with E-state index in [4.69, 9.17) is 17.0 Å². The third-order valence-electron chi connectivity index (χ3n) is 8.47. The second kappa shape index (κ2) is 12.6. The third-order valence-corrected chi connectivity index (χ3v) is 8.82. The second-order valence-electron chi connectivity index (χ2n) is 11.2. The predicted molar refractivity (Wildman–Crippen MR) is 175 cm³/mol. The number of thiocarbonyl (C=S) groups is 1. The van der Waals surface area contributed by atoms with E-state index in [1.54, 1.807) is 0 Å². The molecule has 0 radical (unpaired) electrons. The van der Waals surface area contributed by atoms with Gasteiger partial charge in [-0.15, -0.1) is 0 Å². The summed E-state index contributed by atoms with van der Waals surface area (Å²) < 4.78 is 7.83. The first kappa shape index (κ1) is 28.9. The normalized spacial score (nSPS) is 18.5. The van der Waals surface area contributed by atoms with Crippen molar-refractivity contribution in [3.8, 4) is 5.69 Å². The lowest BCUT2D eigenvalue weighted by atomic mass is 9.96. The van der Waals surface area contributed by atoms with Gasteiger partial charge in [0.25, 0.3) is 0 Å². The van der Waals surface area contributed by atoms with Gasteiger partial charge in [-0.2, -0.15) is 0 Å². The zero-order chi connectivity index (χ0) is 29.9. The zero-order valence-corrected chi connectivity index (χ0v) is 25.7. The fraction of sp³-hybridized carbons (Fsp3) is 0.324. The van der Waals surface area contributed by atoms with Crippen LogP contribution < -0.4 is 15.5 Å². The first-order valence-corrected chi connectivity index (χ1v) is 15.3. The van der Waals surface area contributed by atoms with Crippen LogP contribution in [0.2, 0.25) is 0 Å². The molecule has 2 unspecified atom stereocenters. The Morgan fingerprint density at radius 3 is 2.44 bits per heavy atom. The number of rotatable bonds is 8. The minimum atomic E-state index is -0.147. The van der Waals surface area contributed by atoms with E-state index in [0.29, 0.717) is 18.1 Å². The van der Waals surface area contributed by atoms with Crippen LogP contribution in [0, 0.1) is 20.8 Å². The molecule has 0 spiro atoms. The number of morpholine rings is 1. The molecule has 2 aromatic carbocycles. The Bertz CT molecular complexity index is 1600. The van der Waals surface area contributed by atoms with Gasteiger partial charge < -0.3 is 29.7 Å². The molecule has 2 atom stereocenters. The molecule has 2 aliphatic heterocycles. The maximum atomic E-state index is 13.0.